The first-order valence-corrected chi connectivity index (χ1v) is 9.86. The summed E-state index contributed by atoms with van der Waals surface area (Å²) in [4.78, 5) is 23.1. The first-order chi connectivity index (χ1) is 12.8. The molecule has 0 spiro atoms. The van der Waals surface area contributed by atoms with Gasteiger partial charge in [-0.15, -0.1) is 0 Å². The summed E-state index contributed by atoms with van der Waals surface area (Å²) < 4.78 is 63.4. The zero-order valence-electron chi connectivity index (χ0n) is 14.5. The highest BCUT2D eigenvalue weighted by Gasteiger charge is 2.34. The van der Waals surface area contributed by atoms with Gasteiger partial charge in [-0.1, -0.05) is 11.6 Å². The van der Waals surface area contributed by atoms with Gasteiger partial charge in [0.2, 0.25) is 5.91 Å². The van der Waals surface area contributed by atoms with Crippen LogP contribution >= 0.6 is 11.6 Å². The second-order valence-electron chi connectivity index (χ2n) is 5.81. The Hall–Kier alpha value is -2.59. The summed E-state index contributed by atoms with van der Waals surface area (Å²) in [5.74, 6) is -1.52. The maximum Gasteiger partial charge on any atom is 0.418 e. The van der Waals surface area contributed by atoms with E-state index in [1.807, 2.05) is 0 Å². The SMILES string of the molecule is CC(=O)Nc1ccc(NC(=O)c2ccc(Cl)c(S(C)(=O)=O)c2)c(C(F)(F)F)c1. The molecule has 2 rings (SSSR count). The normalized spacial score (nSPS) is 11.8. The summed E-state index contributed by atoms with van der Waals surface area (Å²) >= 11 is 5.80. The monoisotopic (exact) mass is 434 g/mol. The molecule has 0 fully saturated rings. The van der Waals surface area contributed by atoms with E-state index in [0.717, 1.165) is 31.4 Å². The van der Waals surface area contributed by atoms with Gasteiger partial charge in [0, 0.05) is 24.4 Å². The lowest BCUT2D eigenvalue weighted by molar-refractivity contribution is -0.137. The van der Waals surface area contributed by atoms with E-state index in [4.69, 9.17) is 11.6 Å². The average molecular weight is 435 g/mol. The first kappa shape index (κ1) is 21.7. The topological polar surface area (TPSA) is 92.3 Å². The van der Waals surface area contributed by atoms with E-state index in [1.165, 1.54) is 12.1 Å². The quantitative estimate of drug-likeness (QED) is 0.761. The minimum absolute atomic E-state index is 0.0938. The fourth-order valence-corrected chi connectivity index (χ4v) is 3.59. The van der Waals surface area contributed by atoms with Gasteiger partial charge in [-0.05, 0) is 36.4 Å². The molecule has 0 saturated heterocycles. The van der Waals surface area contributed by atoms with Crippen molar-refractivity contribution in [2.24, 2.45) is 0 Å². The van der Waals surface area contributed by atoms with Crippen LogP contribution in [0.1, 0.15) is 22.8 Å². The largest absolute Gasteiger partial charge is 0.418 e. The van der Waals surface area contributed by atoms with Crippen molar-refractivity contribution in [1.29, 1.82) is 0 Å². The van der Waals surface area contributed by atoms with Gasteiger partial charge in [-0.25, -0.2) is 8.42 Å². The van der Waals surface area contributed by atoms with Crippen LogP contribution in [-0.4, -0.2) is 26.5 Å². The molecule has 2 amide bonds. The van der Waals surface area contributed by atoms with E-state index >= 15 is 0 Å². The van der Waals surface area contributed by atoms with Crippen molar-refractivity contribution < 1.29 is 31.2 Å². The zero-order valence-corrected chi connectivity index (χ0v) is 16.1. The standard InChI is InChI=1S/C17H14ClF3N2O4S/c1-9(24)22-11-4-6-14(12(8-11)17(19,20)21)23-16(25)10-3-5-13(18)15(7-10)28(2,26)27/h3-8H,1-2H3,(H,22,24)(H,23,25). The fraction of sp³-hybridized carbons (Fsp3) is 0.176. The lowest BCUT2D eigenvalue weighted by atomic mass is 10.1. The number of rotatable bonds is 4. The van der Waals surface area contributed by atoms with Gasteiger partial charge in [0.15, 0.2) is 9.84 Å². The number of carbonyl (C=O) groups excluding carboxylic acids is 2. The van der Waals surface area contributed by atoms with Crippen LogP contribution in [0.4, 0.5) is 24.5 Å². The highest BCUT2D eigenvalue weighted by molar-refractivity contribution is 7.90. The van der Waals surface area contributed by atoms with E-state index in [2.05, 4.69) is 10.6 Å². The summed E-state index contributed by atoms with van der Waals surface area (Å²) in [6.07, 6.45) is -3.92. The lowest BCUT2D eigenvalue weighted by Gasteiger charge is -2.16. The molecule has 0 heterocycles. The number of hydrogen-bond acceptors (Lipinski definition) is 4. The number of nitrogens with one attached hydrogen (secondary N) is 2. The maximum absolute atomic E-state index is 13.3. The van der Waals surface area contributed by atoms with Gasteiger partial charge in [0.1, 0.15) is 0 Å². The highest BCUT2D eigenvalue weighted by Crippen LogP contribution is 2.37. The molecule has 2 N–H and O–H groups in total. The second kappa shape index (κ2) is 7.80. The lowest BCUT2D eigenvalue weighted by Crippen LogP contribution is -2.18. The Kier molecular flexibility index (Phi) is 6.05. The number of amides is 2. The fourth-order valence-electron chi connectivity index (χ4n) is 2.29. The van der Waals surface area contributed by atoms with Crippen LogP contribution in [0.5, 0.6) is 0 Å². The van der Waals surface area contributed by atoms with Gasteiger partial charge in [0.05, 0.1) is 21.2 Å². The summed E-state index contributed by atoms with van der Waals surface area (Å²) in [5, 5.41) is 4.21. The smallest absolute Gasteiger partial charge is 0.326 e. The predicted octanol–water partition coefficient (Wildman–Crippen LogP) is 3.97. The molecular weight excluding hydrogens is 421 g/mol. The summed E-state index contributed by atoms with van der Waals surface area (Å²) in [6, 6.07) is 6.19. The molecule has 2 aromatic rings. The van der Waals surface area contributed by atoms with Crippen molar-refractivity contribution in [2.45, 2.75) is 18.0 Å². The Morgan fingerprint density at radius 3 is 2.21 bits per heavy atom. The van der Waals surface area contributed by atoms with Crippen LogP contribution in [0, 0.1) is 0 Å². The molecular formula is C17H14ClF3N2O4S. The van der Waals surface area contributed by atoms with Gasteiger partial charge in [-0.2, -0.15) is 13.2 Å². The van der Waals surface area contributed by atoms with Crippen LogP contribution in [-0.2, 0) is 20.8 Å². The maximum atomic E-state index is 13.3. The number of sulfone groups is 1. The molecule has 0 aliphatic heterocycles. The molecule has 2 aromatic carbocycles. The summed E-state index contributed by atoms with van der Waals surface area (Å²) in [5.41, 5.74) is -2.01. The Labute approximate surface area is 163 Å². The molecule has 0 bridgehead atoms. The summed E-state index contributed by atoms with van der Waals surface area (Å²) in [7, 11) is -3.74. The third-order valence-electron chi connectivity index (χ3n) is 3.49. The van der Waals surface area contributed by atoms with Crippen molar-refractivity contribution in [3.63, 3.8) is 0 Å². The van der Waals surface area contributed by atoms with Crippen LogP contribution in [0.15, 0.2) is 41.3 Å². The third-order valence-corrected chi connectivity index (χ3v) is 5.06. The molecule has 11 heteroatoms. The minimum Gasteiger partial charge on any atom is -0.326 e. The van der Waals surface area contributed by atoms with Gasteiger partial charge in [-0.3, -0.25) is 9.59 Å². The highest BCUT2D eigenvalue weighted by atomic mass is 35.5. The van der Waals surface area contributed by atoms with E-state index in [0.29, 0.717) is 6.07 Å². The van der Waals surface area contributed by atoms with Crippen molar-refractivity contribution in [2.75, 3.05) is 16.9 Å². The van der Waals surface area contributed by atoms with Gasteiger partial charge in [0.25, 0.3) is 5.91 Å². The van der Waals surface area contributed by atoms with Crippen molar-refractivity contribution >= 4 is 44.6 Å². The molecule has 0 atom stereocenters. The molecule has 6 nitrogen and oxygen atoms in total. The van der Waals surface area contributed by atoms with Crippen molar-refractivity contribution in [3.05, 3.63) is 52.5 Å². The number of anilines is 2. The third kappa shape index (κ3) is 5.23. The van der Waals surface area contributed by atoms with Crippen LogP contribution < -0.4 is 10.6 Å². The molecule has 150 valence electrons. The number of halogens is 4. The van der Waals surface area contributed by atoms with Gasteiger partial charge >= 0.3 is 6.18 Å². The molecule has 0 radical (unpaired) electrons. The molecule has 0 unspecified atom stereocenters. The van der Waals surface area contributed by atoms with Gasteiger partial charge < -0.3 is 10.6 Å². The number of carbonyl (C=O) groups is 2. The Bertz CT molecular complexity index is 1050. The Morgan fingerprint density at radius 2 is 1.68 bits per heavy atom. The molecule has 0 aliphatic carbocycles. The van der Waals surface area contributed by atoms with E-state index < -0.39 is 39.1 Å². The number of alkyl halides is 3. The van der Waals surface area contributed by atoms with E-state index in [1.54, 1.807) is 0 Å². The second-order valence-corrected chi connectivity index (χ2v) is 8.20. The predicted molar refractivity (Wildman–Crippen MR) is 98.3 cm³/mol. The van der Waals surface area contributed by atoms with E-state index in [9.17, 15) is 31.2 Å². The zero-order chi connectivity index (χ0) is 21.3. The van der Waals surface area contributed by atoms with Crippen LogP contribution in [0.2, 0.25) is 5.02 Å². The molecule has 0 aliphatic rings. The van der Waals surface area contributed by atoms with E-state index in [-0.39, 0.29) is 21.2 Å². The minimum atomic E-state index is -4.81. The van der Waals surface area contributed by atoms with Crippen LogP contribution in [0.3, 0.4) is 0 Å². The summed E-state index contributed by atoms with van der Waals surface area (Å²) in [6.45, 7) is 1.14. The number of benzene rings is 2. The average Bonchev–Trinajstić information content (AvgIpc) is 2.54. The number of hydrogen-bond donors (Lipinski definition) is 2. The molecule has 0 aromatic heterocycles. The molecule has 0 saturated carbocycles. The van der Waals surface area contributed by atoms with Crippen molar-refractivity contribution in [3.8, 4) is 0 Å². The Balaban J connectivity index is 2.42. The first-order valence-electron chi connectivity index (χ1n) is 7.59. The van der Waals surface area contributed by atoms with Crippen molar-refractivity contribution in [1.82, 2.24) is 0 Å². The molecule has 28 heavy (non-hydrogen) atoms. The van der Waals surface area contributed by atoms with Crippen LogP contribution in [0.25, 0.3) is 0 Å². The Morgan fingerprint density at radius 1 is 1.04 bits per heavy atom.